The summed E-state index contributed by atoms with van der Waals surface area (Å²) in [5, 5.41) is 18.9. The van der Waals surface area contributed by atoms with Crippen molar-refractivity contribution in [2.45, 2.75) is 19.3 Å². The molecule has 1 atom stereocenters. The number of aromatic hydroxyl groups is 2. The number of rotatable bonds is 4. The van der Waals surface area contributed by atoms with Gasteiger partial charge in [0.2, 0.25) is 0 Å². The lowest BCUT2D eigenvalue weighted by molar-refractivity contribution is -0.108. The Bertz CT molecular complexity index is 403. The number of halogens is 1. The minimum Gasteiger partial charge on any atom is -0.504 e. The number of carbonyl (C=O) groups excluding carboxylic acids is 1. The first-order valence-electron chi connectivity index (χ1n) is 4.74. The summed E-state index contributed by atoms with van der Waals surface area (Å²) < 4.78 is 18.5. The highest BCUT2D eigenvalue weighted by molar-refractivity contribution is 5.57. The van der Waals surface area contributed by atoms with Gasteiger partial charge in [-0.15, -0.1) is 0 Å². The molecule has 0 spiro atoms. The maximum absolute atomic E-state index is 13.8. The van der Waals surface area contributed by atoms with E-state index in [2.05, 4.69) is 0 Å². The van der Waals surface area contributed by atoms with Gasteiger partial charge in [0.25, 0.3) is 0 Å². The van der Waals surface area contributed by atoms with Gasteiger partial charge >= 0.3 is 0 Å². The molecule has 16 heavy (non-hydrogen) atoms. The quantitative estimate of drug-likeness (QED) is 0.610. The van der Waals surface area contributed by atoms with E-state index in [0.717, 1.165) is 6.07 Å². The van der Waals surface area contributed by atoms with Crippen molar-refractivity contribution in [2.24, 2.45) is 0 Å². The third kappa shape index (κ3) is 2.08. The molecule has 0 saturated carbocycles. The van der Waals surface area contributed by atoms with Gasteiger partial charge in [-0.3, -0.25) is 0 Å². The van der Waals surface area contributed by atoms with Gasteiger partial charge in [-0.25, -0.2) is 4.39 Å². The zero-order chi connectivity index (χ0) is 12.3. The molecule has 0 aliphatic rings. The highest BCUT2D eigenvalue weighted by atomic mass is 19.1. The summed E-state index contributed by atoms with van der Waals surface area (Å²) in [4.78, 5) is 10.4. The van der Waals surface area contributed by atoms with E-state index in [9.17, 15) is 19.4 Å². The molecule has 0 bridgehead atoms. The first-order valence-corrected chi connectivity index (χ1v) is 4.74. The van der Waals surface area contributed by atoms with Gasteiger partial charge in [-0.1, -0.05) is 6.92 Å². The normalized spacial score (nSPS) is 12.2. The lowest BCUT2D eigenvalue weighted by atomic mass is 9.96. The van der Waals surface area contributed by atoms with Crippen LogP contribution in [0.5, 0.6) is 17.2 Å². The number of hydrogen-bond donors (Lipinski definition) is 2. The van der Waals surface area contributed by atoms with Crippen molar-refractivity contribution < 1.29 is 24.1 Å². The van der Waals surface area contributed by atoms with Crippen LogP contribution in [0.3, 0.4) is 0 Å². The highest BCUT2D eigenvalue weighted by Gasteiger charge is 2.22. The van der Waals surface area contributed by atoms with Gasteiger partial charge in [-0.05, 0) is 5.92 Å². The Kier molecular flexibility index (Phi) is 3.71. The van der Waals surface area contributed by atoms with Crippen LogP contribution in [0.1, 0.15) is 24.8 Å². The van der Waals surface area contributed by atoms with E-state index in [0.29, 0.717) is 6.29 Å². The number of ether oxygens (including phenoxy) is 1. The van der Waals surface area contributed by atoms with Gasteiger partial charge in [0, 0.05) is 18.1 Å². The monoisotopic (exact) mass is 228 g/mol. The van der Waals surface area contributed by atoms with Crippen molar-refractivity contribution in [1.82, 2.24) is 0 Å². The van der Waals surface area contributed by atoms with Gasteiger partial charge in [0.15, 0.2) is 23.1 Å². The van der Waals surface area contributed by atoms with Crippen molar-refractivity contribution in [3.8, 4) is 17.2 Å². The number of methoxy groups -OCH3 is 1. The Morgan fingerprint density at radius 3 is 2.69 bits per heavy atom. The molecule has 0 saturated heterocycles. The number of phenolic OH excluding ortho intramolecular Hbond substituents is 2. The Morgan fingerprint density at radius 1 is 1.56 bits per heavy atom. The summed E-state index contributed by atoms with van der Waals surface area (Å²) in [6.07, 6.45) is 0.678. The van der Waals surface area contributed by atoms with Crippen LogP contribution >= 0.6 is 0 Å². The average Bonchev–Trinajstić information content (AvgIpc) is 2.24. The predicted molar refractivity (Wildman–Crippen MR) is 55.4 cm³/mol. The molecule has 0 radical (unpaired) electrons. The Hall–Kier alpha value is -1.78. The Labute approximate surface area is 92.3 Å². The lowest BCUT2D eigenvalue weighted by Crippen LogP contribution is -2.01. The van der Waals surface area contributed by atoms with Gasteiger partial charge in [-0.2, -0.15) is 0 Å². The maximum atomic E-state index is 13.8. The van der Waals surface area contributed by atoms with Crippen LogP contribution in [-0.2, 0) is 4.79 Å². The van der Waals surface area contributed by atoms with Crippen LogP contribution < -0.4 is 4.74 Å². The first-order chi connectivity index (χ1) is 7.52. The van der Waals surface area contributed by atoms with E-state index in [4.69, 9.17) is 4.74 Å². The molecule has 88 valence electrons. The fraction of sp³-hybridized carbons (Fsp3) is 0.364. The SMILES string of the molecule is COc1cc(O)c(O)c(C(C)CC=O)c1F. The van der Waals surface area contributed by atoms with Crippen molar-refractivity contribution in [3.05, 3.63) is 17.4 Å². The summed E-state index contributed by atoms with van der Waals surface area (Å²) in [5.74, 6) is -2.47. The molecule has 1 aromatic carbocycles. The smallest absolute Gasteiger partial charge is 0.172 e. The van der Waals surface area contributed by atoms with E-state index in [1.54, 1.807) is 6.92 Å². The Balaban J connectivity index is 3.34. The minimum atomic E-state index is -0.757. The lowest BCUT2D eigenvalue weighted by Gasteiger charge is -2.15. The largest absolute Gasteiger partial charge is 0.504 e. The van der Waals surface area contributed by atoms with Crippen LogP contribution in [0, 0.1) is 5.82 Å². The van der Waals surface area contributed by atoms with E-state index < -0.39 is 23.2 Å². The third-order valence-electron chi connectivity index (χ3n) is 2.38. The molecule has 4 nitrogen and oxygen atoms in total. The van der Waals surface area contributed by atoms with Gasteiger partial charge in [0.1, 0.15) is 6.29 Å². The van der Waals surface area contributed by atoms with E-state index in [1.807, 2.05) is 0 Å². The van der Waals surface area contributed by atoms with Gasteiger partial charge in [0.05, 0.1) is 7.11 Å². The van der Waals surface area contributed by atoms with Crippen molar-refractivity contribution in [2.75, 3.05) is 7.11 Å². The summed E-state index contributed by atoms with van der Waals surface area (Å²) in [5.41, 5.74) is -0.107. The second kappa shape index (κ2) is 4.83. The second-order valence-electron chi connectivity index (χ2n) is 3.48. The average molecular weight is 228 g/mol. The standard InChI is InChI=1S/C11H13FO4/c1-6(3-4-13)9-10(12)8(16-2)5-7(14)11(9)15/h4-6,14-15H,3H2,1-2H3. The molecular formula is C11H13FO4. The number of hydrogen-bond acceptors (Lipinski definition) is 4. The number of phenols is 2. The molecule has 1 rings (SSSR count). The fourth-order valence-corrected chi connectivity index (χ4v) is 1.49. The van der Waals surface area contributed by atoms with Crippen LogP contribution in [0.4, 0.5) is 4.39 Å². The molecule has 0 aliphatic carbocycles. The van der Waals surface area contributed by atoms with Crippen molar-refractivity contribution >= 4 is 6.29 Å². The molecule has 5 heteroatoms. The summed E-state index contributed by atoms with van der Waals surface area (Å²) in [6.45, 7) is 1.57. The van der Waals surface area contributed by atoms with Crippen LogP contribution in [0.25, 0.3) is 0 Å². The molecule has 0 heterocycles. The molecule has 0 aromatic heterocycles. The Morgan fingerprint density at radius 2 is 2.19 bits per heavy atom. The number of carbonyl (C=O) groups is 1. The highest BCUT2D eigenvalue weighted by Crippen LogP contribution is 2.41. The van der Waals surface area contributed by atoms with Crippen LogP contribution in [0.2, 0.25) is 0 Å². The summed E-state index contributed by atoms with van der Waals surface area (Å²) >= 11 is 0. The topological polar surface area (TPSA) is 66.8 Å². The minimum absolute atomic E-state index is 0.0527. The molecule has 0 aliphatic heterocycles. The predicted octanol–water partition coefficient (Wildman–Crippen LogP) is 1.94. The summed E-state index contributed by atoms with van der Waals surface area (Å²) in [6, 6.07) is 0.988. The van der Waals surface area contributed by atoms with E-state index in [1.165, 1.54) is 7.11 Å². The van der Waals surface area contributed by atoms with Crippen LogP contribution in [-0.4, -0.2) is 23.6 Å². The molecule has 0 fully saturated rings. The molecule has 0 amide bonds. The first kappa shape index (κ1) is 12.3. The van der Waals surface area contributed by atoms with Crippen molar-refractivity contribution in [3.63, 3.8) is 0 Å². The molecule has 1 aromatic rings. The van der Waals surface area contributed by atoms with Gasteiger partial charge < -0.3 is 19.7 Å². The van der Waals surface area contributed by atoms with E-state index >= 15 is 0 Å². The second-order valence-corrected chi connectivity index (χ2v) is 3.48. The number of benzene rings is 1. The zero-order valence-corrected chi connectivity index (χ0v) is 9.03. The maximum Gasteiger partial charge on any atom is 0.172 e. The zero-order valence-electron chi connectivity index (χ0n) is 9.03. The van der Waals surface area contributed by atoms with Crippen LogP contribution in [0.15, 0.2) is 6.07 Å². The third-order valence-corrected chi connectivity index (χ3v) is 2.38. The molecule has 1 unspecified atom stereocenters. The molecule has 2 N–H and O–H groups in total. The number of aldehydes is 1. The summed E-state index contributed by atoms with van der Waals surface area (Å²) in [7, 11) is 1.25. The fourth-order valence-electron chi connectivity index (χ4n) is 1.49. The van der Waals surface area contributed by atoms with E-state index in [-0.39, 0.29) is 17.7 Å². The van der Waals surface area contributed by atoms with Crippen molar-refractivity contribution in [1.29, 1.82) is 0 Å². The molecular weight excluding hydrogens is 215 g/mol.